The Balaban J connectivity index is 2.13. The van der Waals surface area contributed by atoms with Gasteiger partial charge in [-0.1, -0.05) is 31.9 Å². The second-order valence-corrected chi connectivity index (χ2v) is 7.99. The molecule has 0 saturated heterocycles. The third-order valence-corrected chi connectivity index (χ3v) is 5.58. The van der Waals surface area contributed by atoms with E-state index in [4.69, 9.17) is 9.47 Å². The first-order valence-electron chi connectivity index (χ1n) is 8.15. The largest absolute Gasteiger partial charge is 0.493 e. The fraction of sp³-hybridized carbons (Fsp3) is 0.143. The molecule has 0 aliphatic rings. The van der Waals surface area contributed by atoms with Gasteiger partial charge in [-0.15, -0.1) is 0 Å². The molecule has 0 spiro atoms. The normalized spacial score (nSPS) is 11.3. The van der Waals surface area contributed by atoms with Gasteiger partial charge < -0.3 is 14.0 Å². The summed E-state index contributed by atoms with van der Waals surface area (Å²) in [6.07, 6.45) is 0. The zero-order chi connectivity index (χ0) is 18.4. The summed E-state index contributed by atoms with van der Waals surface area (Å²) in [7, 11) is 3.33. The number of aryl methyl sites for hydroxylation is 1. The minimum absolute atomic E-state index is 0.728. The smallest absolute Gasteiger partial charge is 0.163 e. The van der Waals surface area contributed by atoms with Gasteiger partial charge in [0.1, 0.15) is 0 Å². The number of benzene rings is 3. The minimum atomic E-state index is 0.728. The monoisotopic (exact) mass is 473 g/mol. The molecule has 0 atom stereocenters. The Hall–Kier alpha value is -1.98. The molecule has 1 heterocycles. The molecule has 0 radical (unpaired) electrons. The molecule has 3 nitrogen and oxygen atoms in total. The zero-order valence-corrected chi connectivity index (χ0v) is 17.8. The Morgan fingerprint density at radius 2 is 1.35 bits per heavy atom. The predicted molar refractivity (Wildman–Crippen MR) is 114 cm³/mol. The average molecular weight is 475 g/mol. The quantitative estimate of drug-likeness (QED) is 0.332. The van der Waals surface area contributed by atoms with Crippen LogP contribution in [0.15, 0.2) is 57.5 Å². The average Bonchev–Trinajstić information content (AvgIpc) is 2.94. The lowest BCUT2D eigenvalue weighted by Gasteiger charge is -2.15. The van der Waals surface area contributed by atoms with Crippen LogP contribution in [0.5, 0.6) is 11.5 Å². The van der Waals surface area contributed by atoms with Crippen LogP contribution in [-0.2, 0) is 0 Å². The summed E-state index contributed by atoms with van der Waals surface area (Å²) in [6.45, 7) is 2.03. The van der Waals surface area contributed by atoms with Crippen molar-refractivity contribution in [3.8, 4) is 17.2 Å². The summed E-state index contributed by atoms with van der Waals surface area (Å²) >= 11 is 7.20. The summed E-state index contributed by atoms with van der Waals surface area (Å²) < 4.78 is 15.5. The summed E-state index contributed by atoms with van der Waals surface area (Å²) in [5, 5.41) is 2.39. The molecule has 3 aromatic carbocycles. The van der Waals surface area contributed by atoms with E-state index in [1.807, 2.05) is 13.0 Å². The van der Waals surface area contributed by atoms with E-state index in [-0.39, 0.29) is 0 Å². The van der Waals surface area contributed by atoms with E-state index in [2.05, 4.69) is 78.9 Å². The molecule has 5 heteroatoms. The Bertz CT molecular complexity index is 1090. The molecule has 0 aliphatic carbocycles. The maximum Gasteiger partial charge on any atom is 0.163 e. The third kappa shape index (κ3) is 2.70. The van der Waals surface area contributed by atoms with Crippen LogP contribution in [-0.4, -0.2) is 18.8 Å². The van der Waals surface area contributed by atoms with Gasteiger partial charge in [-0.2, -0.15) is 0 Å². The van der Waals surface area contributed by atoms with Crippen molar-refractivity contribution in [2.45, 2.75) is 6.92 Å². The van der Waals surface area contributed by atoms with Crippen LogP contribution in [0.4, 0.5) is 0 Å². The molecule has 0 amide bonds. The molecule has 0 unspecified atom stereocenters. The van der Waals surface area contributed by atoms with Crippen molar-refractivity contribution in [1.29, 1.82) is 0 Å². The first-order chi connectivity index (χ1) is 12.5. The van der Waals surface area contributed by atoms with Gasteiger partial charge in [-0.25, -0.2) is 0 Å². The van der Waals surface area contributed by atoms with Crippen LogP contribution in [0.25, 0.3) is 27.5 Å². The van der Waals surface area contributed by atoms with E-state index in [0.717, 1.165) is 42.7 Å². The van der Waals surface area contributed by atoms with Crippen LogP contribution in [0.2, 0.25) is 0 Å². The van der Waals surface area contributed by atoms with Crippen LogP contribution in [0.3, 0.4) is 0 Å². The first kappa shape index (κ1) is 17.4. The van der Waals surface area contributed by atoms with Gasteiger partial charge in [0.25, 0.3) is 0 Å². The van der Waals surface area contributed by atoms with Gasteiger partial charge in [-0.05, 0) is 55.0 Å². The van der Waals surface area contributed by atoms with Gasteiger partial charge in [0.15, 0.2) is 11.5 Å². The van der Waals surface area contributed by atoms with Crippen LogP contribution >= 0.6 is 31.9 Å². The van der Waals surface area contributed by atoms with E-state index < -0.39 is 0 Å². The molecule has 0 N–H and O–H groups in total. The number of hydrogen-bond acceptors (Lipinski definition) is 2. The number of nitrogens with zero attached hydrogens (tertiary/aromatic N) is 1. The Morgan fingerprint density at radius 3 is 1.85 bits per heavy atom. The Kier molecular flexibility index (Phi) is 4.45. The number of aromatic nitrogens is 1. The van der Waals surface area contributed by atoms with Crippen molar-refractivity contribution in [3.05, 3.63) is 63.0 Å². The van der Waals surface area contributed by atoms with Crippen LogP contribution in [0.1, 0.15) is 5.56 Å². The minimum Gasteiger partial charge on any atom is -0.493 e. The molecule has 26 heavy (non-hydrogen) atoms. The van der Waals surface area contributed by atoms with Gasteiger partial charge in [0, 0.05) is 25.8 Å². The zero-order valence-electron chi connectivity index (χ0n) is 14.6. The van der Waals surface area contributed by atoms with E-state index in [1.165, 1.54) is 10.8 Å². The fourth-order valence-corrected chi connectivity index (χ4v) is 4.23. The van der Waals surface area contributed by atoms with Crippen molar-refractivity contribution < 1.29 is 9.47 Å². The number of methoxy groups -OCH3 is 2. The van der Waals surface area contributed by atoms with Gasteiger partial charge in [-0.3, -0.25) is 0 Å². The lowest BCUT2D eigenvalue weighted by Crippen LogP contribution is -1.99. The Morgan fingerprint density at radius 1 is 0.769 bits per heavy atom. The molecular weight excluding hydrogens is 458 g/mol. The van der Waals surface area contributed by atoms with Crippen LogP contribution < -0.4 is 9.47 Å². The molecule has 132 valence electrons. The summed E-state index contributed by atoms with van der Waals surface area (Å²) in [5.74, 6) is 1.49. The lowest BCUT2D eigenvalue weighted by atomic mass is 10.1. The molecule has 4 aromatic rings. The number of rotatable bonds is 3. The van der Waals surface area contributed by atoms with Crippen molar-refractivity contribution >= 4 is 53.7 Å². The maximum absolute atomic E-state index is 5.56. The van der Waals surface area contributed by atoms with Gasteiger partial charge in [0.2, 0.25) is 0 Å². The van der Waals surface area contributed by atoms with E-state index in [1.54, 1.807) is 14.2 Å². The molecular formula is C21H17Br2NO2. The van der Waals surface area contributed by atoms with Gasteiger partial charge in [0.05, 0.1) is 30.9 Å². The van der Waals surface area contributed by atoms with Crippen LogP contribution in [0, 0.1) is 6.92 Å². The number of hydrogen-bond donors (Lipinski definition) is 0. The summed E-state index contributed by atoms with van der Waals surface area (Å²) in [6, 6.07) is 16.9. The highest BCUT2D eigenvalue weighted by molar-refractivity contribution is 9.10. The summed E-state index contributed by atoms with van der Waals surface area (Å²) in [4.78, 5) is 0. The number of fused-ring (bicyclic) bond motifs is 3. The predicted octanol–water partition coefficient (Wildman–Crippen LogP) is 6.63. The highest BCUT2D eigenvalue weighted by Crippen LogP contribution is 2.39. The van der Waals surface area contributed by atoms with E-state index >= 15 is 0 Å². The SMILES string of the molecule is COc1cc(-n2c3ccc(Br)cc3c3cc(Br)ccc32)cc(C)c1OC. The number of ether oxygens (including phenoxy) is 2. The van der Waals surface area contributed by atoms with Crippen molar-refractivity contribution in [1.82, 2.24) is 4.57 Å². The second kappa shape index (κ2) is 6.63. The fourth-order valence-electron chi connectivity index (χ4n) is 3.51. The maximum atomic E-state index is 5.56. The Labute approximate surface area is 168 Å². The molecule has 0 fully saturated rings. The highest BCUT2D eigenvalue weighted by atomic mass is 79.9. The first-order valence-corrected chi connectivity index (χ1v) is 9.74. The van der Waals surface area contributed by atoms with Gasteiger partial charge >= 0.3 is 0 Å². The molecule has 0 aliphatic heterocycles. The van der Waals surface area contributed by atoms with E-state index in [9.17, 15) is 0 Å². The highest BCUT2D eigenvalue weighted by Gasteiger charge is 2.16. The topological polar surface area (TPSA) is 23.4 Å². The standard InChI is InChI=1S/C21H17Br2NO2/c1-12-8-15(11-20(25-2)21(12)26-3)24-18-6-4-13(22)9-16(18)17-10-14(23)5-7-19(17)24/h4-11H,1-3H3. The molecule has 1 aromatic heterocycles. The molecule has 0 saturated carbocycles. The van der Waals surface area contributed by atoms with Crippen molar-refractivity contribution in [2.75, 3.05) is 14.2 Å². The molecule has 4 rings (SSSR count). The lowest BCUT2D eigenvalue weighted by molar-refractivity contribution is 0.353. The number of halogens is 2. The summed E-state index contributed by atoms with van der Waals surface area (Å²) in [5.41, 5.74) is 4.37. The van der Waals surface area contributed by atoms with E-state index in [0.29, 0.717) is 0 Å². The van der Waals surface area contributed by atoms with Crippen molar-refractivity contribution in [3.63, 3.8) is 0 Å². The van der Waals surface area contributed by atoms with Crippen molar-refractivity contribution in [2.24, 2.45) is 0 Å². The molecule has 0 bridgehead atoms. The second-order valence-electron chi connectivity index (χ2n) is 6.16. The third-order valence-electron chi connectivity index (χ3n) is 4.60.